The summed E-state index contributed by atoms with van der Waals surface area (Å²) in [6, 6.07) is 0. The monoisotopic (exact) mass is 152 g/mol. The number of nitrogens with one attached hydrogen (secondary N) is 1. The summed E-state index contributed by atoms with van der Waals surface area (Å²) in [7, 11) is 0. The van der Waals surface area contributed by atoms with E-state index in [1.165, 1.54) is 38.5 Å². The van der Waals surface area contributed by atoms with Crippen molar-refractivity contribution in [2.75, 3.05) is 6.54 Å². The number of nitrogens with zero attached hydrogens (tertiary/aromatic N) is 1. The van der Waals surface area contributed by atoms with Crippen LogP contribution in [0.4, 0.5) is 0 Å². The molecule has 1 aliphatic carbocycles. The van der Waals surface area contributed by atoms with Crippen LogP contribution in [0, 0.1) is 17.4 Å². The minimum absolute atomic E-state index is 0.876. The fourth-order valence-corrected chi connectivity index (χ4v) is 1.81. The van der Waals surface area contributed by atoms with E-state index in [9.17, 15) is 0 Å². The van der Waals surface area contributed by atoms with Crippen LogP contribution in [0.3, 0.4) is 0 Å². The maximum atomic E-state index is 8.23. The zero-order chi connectivity index (χ0) is 7.94. The molecule has 1 N–H and O–H groups in total. The molecule has 1 aliphatic rings. The third kappa shape index (κ3) is 3.27. The molecule has 11 heavy (non-hydrogen) atoms. The van der Waals surface area contributed by atoms with E-state index in [0.717, 1.165) is 12.5 Å². The van der Waals surface area contributed by atoms with Crippen LogP contribution in [0.25, 0.3) is 0 Å². The van der Waals surface area contributed by atoms with Crippen molar-refractivity contribution in [2.24, 2.45) is 5.92 Å². The second-order valence-corrected chi connectivity index (χ2v) is 3.33. The van der Waals surface area contributed by atoms with Crippen molar-refractivity contribution >= 4 is 0 Å². The van der Waals surface area contributed by atoms with Crippen LogP contribution in [0.2, 0.25) is 0 Å². The lowest BCUT2D eigenvalue weighted by Crippen LogP contribution is -2.14. The van der Waals surface area contributed by atoms with Gasteiger partial charge in [-0.05, 0) is 12.3 Å². The molecule has 0 aromatic rings. The summed E-state index contributed by atoms with van der Waals surface area (Å²) in [5.74, 6) is 0.893. The first-order valence-corrected chi connectivity index (χ1v) is 4.55. The summed E-state index contributed by atoms with van der Waals surface area (Å²) in [4.78, 5) is 0. The molecule has 2 heteroatoms. The molecule has 0 bridgehead atoms. The van der Waals surface area contributed by atoms with Gasteiger partial charge in [0.05, 0.1) is 0 Å². The normalized spacial score (nSPS) is 19.2. The SMILES string of the molecule is N#CNCCC1CCCCC1. The molecule has 0 spiro atoms. The van der Waals surface area contributed by atoms with Gasteiger partial charge in [-0.2, -0.15) is 5.26 Å². The first kappa shape index (κ1) is 8.39. The van der Waals surface area contributed by atoms with Crippen molar-refractivity contribution in [1.82, 2.24) is 5.32 Å². The van der Waals surface area contributed by atoms with Gasteiger partial charge in [0.1, 0.15) is 0 Å². The molecule has 62 valence electrons. The molecule has 0 unspecified atom stereocenters. The van der Waals surface area contributed by atoms with Gasteiger partial charge in [-0.1, -0.05) is 32.1 Å². The number of nitriles is 1. The lowest BCUT2D eigenvalue weighted by molar-refractivity contribution is 0.339. The molecule has 0 saturated heterocycles. The van der Waals surface area contributed by atoms with Gasteiger partial charge in [-0.3, -0.25) is 0 Å². The maximum absolute atomic E-state index is 8.23. The van der Waals surface area contributed by atoms with E-state index in [1.54, 1.807) is 0 Å². The highest BCUT2D eigenvalue weighted by Crippen LogP contribution is 2.25. The summed E-state index contributed by atoms with van der Waals surface area (Å²) in [6.07, 6.45) is 10.1. The van der Waals surface area contributed by atoms with E-state index in [2.05, 4.69) is 5.32 Å². The molecule has 0 atom stereocenters. The molecule has 1 rings (SSSR count). The third-order valence-electron chi connectivity index (χ3n) is 2.48. The molecule has 1 fully saturated rings. The Morgan fingerprint density at radius 1 is 1.27 bits per heavy atom. The summed E-state index contributed by atoms with van der Waals surface area (Å²) in [5, 5.41) is 10.9. The highest BCUT2D eigenvalue weighted by atomic mass is 14.8. The summed E-state index contributed by atoms with van der Waals surface area (Å²) >= 11 is 0. The van der Waals surface area contributed by atoms with Crippen molar-refractivity contribution in [1.29, 1.82) is 5.26 Å². The van der Waals surface area contributed by atoms with Crippen molar-refractivity contribution in [2.45, 2.75) is 38.5 Å². The van der Waals surface area contributed by atoms with E-state index >= 15 is 0 Å². The second-order valence-electron chi connectivity index (χ2n) is 3.33. The fraction of sp³-hybridized carbons (Fsp3) is 0.889. The topological polar surface area (TPSA) is 35.8 Å². The van der Waals surface area contributed by atoms with E-state index in [4.69, 9.17) is 5.26 Å². The molecule has 0 amide bonds. The van der Waals surface area contributed by atoms with E-state index in [-0.39, 0.29) is 0 Å². The van der Waals surface area contributed by atoms with Gasteiger partial charge in [0.25, 0.3) is 0 Å². The molecule has 0 aromatic heterocycles. The zero-order valence-corrected chi connectivity index (χ0v) is 6.97. The molecule has 0 aromatic carbocycles. The zero-order valence-electron chi connectivity index (χ0n) is 6.97. The predicted molar refractivity (Wildman–Crippen MR) is 44.8 cm³/mol. The minimum atomic E-state index is 0.876. The van der Waals surface area contributed by atoms with E-state index in [1.807, 2.05) is 6.19 Å². The van der Waals surface area contributed by atoms with Gasteiger partial charge in [-0.15, -0.1) is 0 Å². The van der Waals surface area contributed by atoms with E-state index in [0.29, 0.717) is 0 Å². The van der Waals surface area contributed by atoms with Crippen molar-refractivity contribution < 1.29 is 0 Å². The van der Waals surface area contributed by atoms with Gasteiger partial charge in [0, 0.05) is 6.54 Å². The van der Waals surface area contributed by atoms with Gasteiger partial charge in [0.2, 0.25) is 0 Å². The van der Waals surface area contributed by atoms with Gasteiger partial charge < -0.3 is 5.32 Å². The van der Waals surface area contributed by atoms with E-state index < -0.39 is 0 Å². The van der Waals surface area contributed by atoms with Gasteiger partial charge in [-0.25, -0.2) is 0 Å². The standard InChI is InChI=1S/C9H16N2/c10-8-11-7-6-9-4-2-1-3-5-9/h9,11H,1-7H2. The Hall–Kier alpha value is -0.710. The number of hydrogen-bond donors (Lipinski definition) is 1. The van der Waals surface area contributed by atoms with Gasteiger partial charge >= 0.3 is 0 Å². The third-order valence-corrected chi connectivity index (χ3v) is 2.48. The Morgan fingerprint density at radius 3 is 2.64 bits per heavy atom. The molecule has 1 saturated carbocycles. The maximum Gasteiger partial charge on any atom is 0.176 e. The number of rotatable bonds is 3. The first-order valence-electron chi connectivity index (χ1n) is 4.55. The lowest BCUT2D eigenvalue weighted by atomic mass is 9.87. The predicted octanol–water partition coefficient (Wildman–Crippen LogP) is 2.03. The Labute approximate surface area is 68.6 Å². The summed E-state index contributed by atoms with van der Waals surface area (Å²) in [6.45, 7) is 0.876. The Balaban J connectivity index is 2.01. The second kappa shape index (κ2) is 5.01. The largest absolute Gasteiger partial charge is 0.324 e. The van der Waals surface area contributed by atoms with Crippen molar-refractivity contribution in [3.8, 4) is 6.19 Å². The Morgan fingerprint density at radius 2 is 2.00 bits per heavy atom. The van der Waals surface area contributed by atoms with Crippen LogP contribution < -0.4 is 5.32 Å². The quantitative estimate of drug-likeness (QED) is 0.381. The fourth-order valence-electron chi connectivity index (χ4n) is 1.81. The average molecular weight is 152 g/mol. The van der Waals surface area contributed by atoms with Crippen molar-refractivity contribution in [3.05, 3.63) is 0 Å². The molecule has 2 nitrogen and oxygen atoms in total. The molecule has 0 radical (unpaired) electrons. The van der Waals surface area contributed by atoms with Crippen LogP contribution in [-0.2, 0) is 0 Å². The highest BCUT2D eigenvalue weighted by Gasteiger charge is 2.11. The van der Waals surface area contributed by atoms with Crippen LogP contribution in [0.15, 0.2) is 0 Å². The Bertz CT molecular complexity index is 131. The van der Waals surface area contributed by atoms with Gasteiger partial charge in [0.15, 0.2) is 6.19 Å². The van der Waals surface area contributed by atoms with Crippen LogP contribution in [0.5, 0.6) is 0 Å². The summed E-state index contributed by atoms with van der Waals surface area (Å²) < 4.78 is 0. The Kier molecular flexibility index (Phi) is 3.82. The lowest BCUT2D eigenvalue weighted by Gasteiger charge is -2.20. The van der Waals surface area contributed by atoms with Crippen LogP contribution in [-0.4, -0.2) is 6.54 Å². The molecule has 0 aliphatic heterocycles. The molecule has 0 heterocycles. The minimum Gasteiger partial charge on any atom is -0.324 e. The van der Waals surface area contributed by atoms with Crippen LogP contribution >= 0.6 is 0 Å². The number of hydrogen-bond acceptors (Lipinski definition) is 2. The average Bonchev–Trinajstić information content (AvgIpc) is 2.07. The molecular weight excluding hydrogens is 136 g/mol. The van der Waals surface area contributed by atoms with Crippen LogP contribution in [0.1, 0.15) is 38.5 Å². The summed E-state index contributed by atoms with van der Waals surface area (Å²) in [5.41, 5.74) is 0. The highest BCUT2D eigenvalue weighted by molar-refractivity contribution is 4.70. The smallest absolute Gasteiger partial charge is 0.176 e. The molecular formula is C9H16N2. The van der Waals surface area contributed by atoms with Crippen molar-refractivity contribution in [3.63, 3.8) is 0 Å². The first-order chi connectivity index (χ1) is 5.43.